The molecule has 1 N–H and O–H groups in total. The van der Waals surface area contributed by atoms with Crippen LogP contribution in [0.1, 0.15) is 65.7 Å². The molecule has 1 heterocycles. The minimum Gasteiger partial charge on any atom is -0.301 e. The normalized spacial score (nSPS) is 37.5. The Hall–Kier alpha value is -0.590. The van der Waals surface area contributed by atoms with Gasteiger partial charge in [0.05, 0.1) is 6.07 Å². The number of nitriles is 1. The quantitative estimate of drug-likeness (QED) is 0.813. The molecule has 0 aromatic rings. The molecular formula is C18H33N3. The summed E-state index contributed by atoms with van der Waals surface area (Å²) in [6.07, 6.45) is 8.44. The van der Waals surface area contributed by atoms with Crippen molar-refractivity contribution >= 4 is 0 Å². The molecule has 120 valence electrons. The first-order valence-electron chi connectivity index (χ1n) is 9.01. The Labute approximate surface area is 131 Å². The smallest absolute Gasteiger partial charge is 0.109 e. The first-order chi connectivity index (χ1) is 10.1. The summed E-state index contributed by atoms with van der Waals surface area (Å²) in [5.74, 6) is 1.42. The summed E-state index contributed by atoms with van der Waals surface area (Å²) in [5.41, 5.74) is -0.234. The van der Waals surface area contributed by atoms with Gasteiger partial charge in [0.15, 0.2) is 0 Å². The van der Waals surface area contributed by atoms with Crippen LogP contribution in [-0.4, -0.2) is 36.1 Å². The first kappa shape index (κ1) is 16.8. The monoisotopic (exact) mass is 291 g/mol. The zero-order chi connectivity index (χ0) is 15.3. The SMILES string of the molecule is CCCNC1(C#N)CCCC1CCN1CCC(C)CC1C. The predicted molar refractivity (Wildman–Crippen MR) is 88.0 cm³/mol. The van der Waals surface area contributed by atoms with Crippen LogP contribution < -0.4 is 5.32 Å². The van der Waals surface area contributed by atoms with E-state index in [4.69, 9.17) is 0 Å². The van der Waals surface area contributed by atoms with E-state index in [1.165, 1.54) is 45.2 Å². The molecule has 4 atom stereocenters. The molecule has 0 amide bonds. The molecule has 1 saturated carbocycles. The van der Waals surface area contributed by atoms with E-state index in [0.29, 0.717) is 5.92 Å². The Morgan fingerprint density at radius 2 is 2.14 bits per heavy atom. The minimum atomic E-state index is -0.234. The van der Waals surface area contributed by atoms with Crippen LogP contribution >= 0.6 is 0 Å². The van der Waals surface area contributed by atoms with Crippen LogP contribution in [0, 0.1) is 23.2 Å². The Morgan fingerprint density at radius 3 is 2.81 bits per heavy atom. The number of hydrogen-bond acceptors (Lipinski definition) is 3. The van der Waals surface area contributed by atoms with E-state index in [1.807, 2.05) is 0 Å². The molecule has 0 aromatic heterocycles. The van der Waals surface area contributed by atoms with Crippen LogP contribution in [0.15, 0.2) is 0 Å². The molecule has 0 bridgehead atoms. The van der Waals surface area contributed by atoms with Gasteiger partial charge in [-0.1, -0.05) is 20.3 Å². The second-order valence-corrected chi connectivity index (χ2v) is 7.40. The van der Waals surface area contributed by atoms with Gasteiger partial charge in [-0.3, -0.25) is 5.32 Å². The lowest BCUT2D eigenvalue weighted by atomic mass is 9.85. The van der Waals surface area contributed by atoms with Gasteiger partial charge in [0.25, 0.3) is 0 Å². The van der Waals surface area contributed by atoms with Crippen molar-refractivity contribution in [2.75, 3.05) is 19.6 Å². The maximum Gasteiger partial charge on any atom is 0.109 e. The van der Waals surface area contributed by atoms with Crippen LogP contribution in [0.5, 0.6) is 0 Å². The van der Waals surface area contributed by atoms with Gasteiger partial charge in [-0.25, -0.2) is 0 Å². The van der Waals surface area contributed by atoms with E-state index in [2.05, 4.69) is 37.1 Å². The van der Waals surface area contributed by atoms with Crippen molar-refractivity contribution in [3.8, 4) is 6.07 Å². The van der Waals surface area contributed by atoms with Crippen molar-refractivity contribution in [1.82, 2.24) is 10.2 Å². The van der Waals surface area contributed by atoms with Crippen molar-refractivity contribution < 1.29 is 0 Å². The van der Waals surface area contributed by atoms with Gasteiger partial charge in [0.2, 0.25) is 0 Å². The summed E-state index contributed by atoms with van der Waals surface area (Å²) in [7, 11) is 0. The Balaban J connectivity index is 1.88. The third-order valence-corrected chi connectivity index (χ3v) is 5.75. The second kappa shape index (κ2) is 7.61. The van der Waals surface area contributed by atoms with Crippen molar-refractivity contribution in [2.45, 2.75) is 77.3 Å². The average molecular weight is 291 g/mol. The van der Waals surface area contributed by atoms with Gasteiger partial charge in [0.1, 0.15) is 5.54 Å². The largest absolute Gasteiger partial charge is 0.301 e. The van der Waals surface area contributed by atoms with Crippen LogP contribution in [0.3, 0.4) is 0 Å². The maximum absolute atomic E-state index is 9.71. The van der Waals surface area contributed by atoms with Crippen LogP contribution in [0.25, 0.3) is 0 Å². The van der Waals surface area contributed by atoms with Gasteiger partial charge in [-0.15, -0.1) is 0 Å². The highest BCUT2D eigenvalue weighted by molar-refractivity contribution is 5.14. The number of piperidine rings is 1. The summed E-state index contributed by atoms with van der Waals surface area (Å²) in [4.78, 5) is 2.65. The molecule has 3 nitrogen and oxygen atoms in total. The molecule has 0 spiro atoms. The molecule has 21 heavy (non-hydrogen) atoms. The molecule has 3 heteroatoms. The highest BCUT2D eigenvalue weighted by atomic mass is 15.2. The number of hydrogen-bond donors (Lipinski definition) is 1. The molecule has 1 aliphatic carbocycles. The topological polar surface area (TPSA) is 39.1 Å². The molecule has 2 aliphatic rings. The summed E-state index contributed by atoms with van der Waals surface area (Å²) < 4.78 is 0. The van der Waals surface area contributed by atoms with Gasteiger partial charge in [0, 0.05) is 6.04 Å². The summed E-state index contributed by atoms with van der Waals surface area (Å²) in [5, 5.41) is 13.3. The summed E-state index contributed by atoms with van der Waals surface area (Å²) in [6.45, 7) is 10.3. The zero-order valence-electron chi connectivity index (χ0n) is 14.2. The molecule has 4 unspecified atom stereocenters. The van der Waals surface area contributed by atoms with Crippen LogP contribution in [0.2, 0.25) is 0 Å². The fourth-order valence-corrected chi connectivity index (χ4v) is 4.35. The van der Waals surface area contributed by atoms with Crippen LogP contribution in [-0.2, 0) is 0 Å². The fourth-order valence-electron chi connectivity index (χ4n) is 4.35. The first-order valence-corrected chi connectivity index (χ1v) is 9.01. The highest BCUT2D eigenvalue weighted by Gasteiger charge is 2.42. The highest BCUT2D eigenvalue weighted by Crippen LogP contribution is 2.38. The lowest BCUT2D eigenvalue weighted by Crippen LogP contribution is -2.49. The van der Waals surface area contributed by atoms with E-state index >= 15 is 0 Å². The lowest BCUT2D eigenvalue weighted by molar-refractivity contribution is 0.116. The average Bonchev–Trinajstić information content (AvgIpc) is 2.88. The van der Waals surface area contributed by atoms with Crippen molar-refractivity contribution in [3.63, 3.8) is 0 Å². The number of nitrogens with one attached hydrogen (secondary N) is 1. The molecule has 2 rings (SSSR count). The van der Waals surface area contributed by atoms with E-state index in [9.17, 15) is 5.26 Å². The fraction of sp³-hybridized carbons (Fsp3) is 0.944. The van der Waals surface area contributed by atoms with Crippen molar-refractivity contribution in [2.24, 2.45) is 11.8 Å². The molecule has 2 fully saturated rings. The summed E-state index contributed by atoms with van der Waals surface area (Å²) in [6, 6.07) is 3.36. The molecule has 0 radical (unpaired) electrons. The van der Waals surface area contributed by atoms with Gasteiger partial charge in [-0.2, -0.15) is 5.26 Å². The van der Waals surface area contributed by atoms with Gasteiger partial charge >= 0.3 is 0 Å². The molecular weight excluding hydrogens is 258 g/mol. The Kier molecular flexibility index (Phi) is 6.08. The predicted octanol–water partition coefficient (Wildman–Crippen LogP) is 3.56. The zero-order valence-corrected chi connectivity index (χ0v) is 14.2. The van der Waals surface area contributed by atoms with E-state index < -0.39 is 0 Å². The van der Waals surface area contributed by atoms with Crippen molar-refractivity contribution in [1.29, 1.82) is 5.26 Å². The van der Waals surface area contributed by atoms with Crippen LogP contribution in [0.4, 0.5) is 0 Å². The summed E-state index contributed by atoms with van der Waals surface area (Å²) >= 11 is 0. The maximum atomic E-state index is 9.71. The van der Waals surface area contributed by atoms with Gasteiger partial charge in [-0.05, 0) is 76.9 Å². The standard InChI is InChI=1S/C18H33N3/c1-4-10-20-18(14-19)9-5-6-17(18)8-12-21-11-7-15(2)13-16(21)3/h15-17,20H,4-13H2,1-3H3. The van der Waals surface area contributed by atoms with E-state index in [1.54, 1.807) is 0 Å². The third kappa shape index (κ3) is 3.99. The number of nitrogens with zero attached hydrogens (tertiary/aromatic N) is 2. The Morgan fingerprint density at radius 1 is 1.33 bits per heavy atom. The second-order valence-electron chi connectivity index (χ2n) is 7.40. The Bertz CT molecular complexity index is 362. The molecule has 1 aliphatic heterocycles. The van der Waals surface area contributed by atoms with Gasteiger partial charge < -0.3 is 4.90 Å². The molecule has 1 saturated heterocycles. The number of rotatable bonds is 6. The molecule has 0 aromatic carbocycles. The van der Waals surface area contributed by atoms with Crippen molar-refractivity contribution in [3.05, 3.63) is 0 Å². The minimum absolute atomic E-state index is 0.234. The lowest BCUT2D eigenvalue weighted by Gasteiger charge is -2.38. The number of likely N-dealkylation sites (tertiary alicyclic amines) is 1. The van der Waals surface area contributed by atoms with E-state index in [0.717, 1.165) is 31.3 Å². The van der Waals surface area contributed by atoms with E-state index in [-0.39, 0.29) is 5.54 Å². The third-order valence-electron chi connectivity index (χ3n) is 5.75.